The van der Waals surface area contributed by atoms with Crippen molar-refractivity contribution in [2.24, 2.45) is 0 Å². The fourth-order valence-electron chi connectivity index (χ4n) is 3.98. The van der Waals surface area contributed by atoms with Gasteiger partial charge in [0.2, 0.25) is 5.95 Å². The maximum atomic E-state index is 12.7. The van der Waals surface area contributed by atoms with Crippen LogP contribution in [0.4, 0.5) is 5.95 Å². The number of H-pyrrole nitrogens is 1. The van der Waals surface area contributed by atoms with Gasteiger partial charge in [0.05, 0.1) is 43.7 Å². The van der Waals surface area contributed by atoms with Crippen LogP contribution in [0.5, 0.6) is 11.5 Å². The van der Waals surface area contributed by atoms with Crippen molar-refractivity contribution in [2.75, 3.05) is 32.8 Å². The van der Waals surface area contributed by atoms with Crippen molar-refractivity contribution in [3.63, 3.8) is 0 Å². The molecule has 9 heteroatoms. The summed E-state index contributed by atoms with van der Waals surface area (Å²) in [6.07, 6.45) is 4.62. The minimum atomic E-state index is -0.213. The number of rotatable bonds is 7. The summed E-state index contributed by atoms with van der Waals surface area (Å²) in [5, 5.41) is 0.459. The molecule has 0 amide bonds. The zero-order valence-corrected chi connectivity index (χ0v) is 17.8. The van der Waals surface area contributed by atoms with Crippen molar-refractivity contribution in [3.8, 4) is 11.5 Å². The summed E-state index contributed by atoms with van der Waals surface area (Å²) in [5.74, 6) is 1.56. The van der Waals surface area contributed by atoms with Crippen LogP contribution in [0.25, 0.3) is 10.9 Å². The highest BCUT2D eigenvalue weighted by Crippen LogP contribution is 2.31. The minimum absolute atomic E-state index is 0.00107. The van der Waals surface area contributed by atoms with Gasteiger partial charge < -0.3 is 23.7 Å². The Morgan fingerprint density at radius 1 is 1.20 bits per heavy atom. The van der Waals surface area contributed by atoms with Crippen molar-refractivity contribution >= 4 is 16.9 Å². The molecular weight excluding hydrogens is 386 g/mol. The minimum Gasteiger partial charge on any atom is -0.493 e. The molecule has 1 aliphatic heterocycles. The quantitative estimate of drug-likeness (QED) is 0.636. The van der Waals surface area contributed by atoms with Crippen molar-refractivity contribution < 1.29 is 14.2 Å². The van der Waals surface area contributed by atoms with Crippen molar-refractivity contribution in [3.05, 3.63) is 40.2 Å². The molecule has 160 valence electrons. The van der Waals surface area contributed by atoms with E-state index >= 15 is 0 Å². The van der Waals surface area contributed by atoms with Gasteiger partial charge in [0, 0.05) is 31.8 Å². The third-order valence-corrected chi connectivity index (χ3v) is 5.56. The number of aromatic nitrogens is 4. The molecule has 0 radical (unpaired) electrons. The monoisotopic (exact) mass is 413 g/mol. The largest absolute Gasteiger partial charge is 0.493 e. The summed E-state index contributed by atoms with van der Waals surface area (Å²) in [6, 6.07) is 3.38. The molecule has 9 nitrogen and oxygen atoms in total. The highest BCUT2D eigenvalue weighted by atomic mass is 16.5. The molecule has 0 fully saturated rings. The predicted octanol–water partition coefficient (Wildman–Crippen LogP) is 2.64. The molecule has 3 heterocycles. The molecule has 1 unspecified atom stereocenters. The molecule has 4 rings (SSSR count). The number of hydrogen-bond donors (Lipinski definition) is 1. The Hall–Kier alpha value is -3.07. The number of fused-ring (bicyclic) bond motifs is 2. The second kappa shape index (κ2) is 8.35. The summed E-state index contributed by atoms with van der Waals surface area (Å²) in [5.41, 5.74) is 2.51. The predicted molar refractivity (Wildman–Crippen MR) is 113 cm³/mol. The number of nitrogens with one attached hydrogen (secondary N) is 1. The van der Waals surface area contributed by atoms with Crippen LogP contribution < -0.4 is 19.9 Å². The molecule has 1 atom stereocenters. The van der Waals surface area contributed by atoms with E-state index in [0.29, 0.717) is 34.9 Å². The summed E-state index contributed by atoms with van der Waals surface area (Å²) in [4.78, 5) is 26.9. The fourth-order valence-corrected chi connectivity index (χ4v) is 3.98. The molecule has 0 saturated heterocycles. The van der Waals surface area contributed by atoms with Gasteiger partial charge in [-0.05, 0) is 12.5 Å². The summed E-state index contributed by atoms with van der Waals surface area (Å²) in [6.45, 7) is 3.44. The van der Waals surface area contributed by atoms with Crippen LogP contribution in [0.3, 0.4) is 0 Å². The highest BCUT2D eigenvalue weighted by molar-refractivity contribution is 5.82. The van der Waals surface area contributed by atoms with Gasteiger partial charge in [-0.25, -0.2) is 9.97 Å². The zero-order valence-electron chi connectivity index (χ0n) is 17.8. The van der Waals surface area contributed by atoms with Crippen molar-refractivity contribution in [1.29, 1.82) is 0 Å². The topological polar surface area (TPSA) is 94.5 Å². The Bertz CT molecular complexity index is 1110. The van der Waals surface area contributed by atoms with Crippen LogP contribution in [0.15, 0.2) is 23.3 Å². The van der Waals surface area contributed by atoms with E-state index in [-0.39, 0.29) is 11.8 Å². The van der Waals surface area contributed by atoms with Gasteiger partial charge in [-0.3, -0.25) is 9.78 Å². The van der Waals surface area contributed by atoms with Gasteiger partial charge >= 0.3 is 0 Å². The molecule has 1 aliphatic rings. The lowest BCUT2D eigenvalue weighted by Crippen LogP contribution is -2.34. The van der Waals surface area contributed by atoms with E-state index < -0.39 is 0 Å². The summed E-state index contributed by atoms with van der Waals surface area (Å²) in [7, 11) is 4.83. The van der Waals surface area contributed by atoms with Gasteiger partial charge in [0.25, 0.3) is 5.56 Å². The van der Waals surface area contributed by atoms with Crippen molar-refractivity contribution in [1.82, 2.24) is 19.5 Å². The van der Waals surface area contributed by atoms with Gasteiger partial charge in [-0.1, -0.05) is 13.3 Å². The van der Waals surface area contributed by atoms with E-state index in [1.165, 1.54) is 5.69 Å². The van der Waals surface area contributed by atoms with E-state index in [1.54, 1.807) is 33.5 Å². The molecule has 30 heavy (non-hydrogen) atoms. The Labute approximate surface area is 174 Å². The first-order valence-corrected chi connectivity index (χ1v) is 10.1. The molecule has 2 aromatic heterocycles. The first-order valence-electron chi connectivity index (χ1n) is 10.1. The van der Waals surface area contributed by atoms with Crippen molar-refractivity contribution in [2.45, 2.75) is 39.0 Å². The number of anilines is 1. The van der Waals surface area contributed by atoms with Crippen LogP contribution in [-0.4, -0.2) is 47.4 Å². The van der Waals surface area contributed by atoms with Gasteiger partial charge in [-0.15, -0.1) is 0 Å². The SMILES string of the molecule is CCCC(OC)n1cnc2c1CCN(c1nc3cc(OC)c(OC)cc3c(=O)[nH]1)C2. The maximum Gasteiger partial charge on any atom is 0.260 e. The molecule has 0 aliphatic carbocycles. The molecule has 0 spiro atoms. The molecule has 0 saturated carbocycles. The first kappa shape index (κ1) is 20.2. The van der Waals surface area contributed by atoms with Gasteiger partial charge in [0.15, 0.2) is 11.5 Å². The van der Waals surface area contributed by atoms with Crippen LogP contribution >= 0.6 is 0 Å². The van der Waals surface area contributed by atoms with Crippen LogP contribution in [0, 0.1) is 0 Å². The number of hydrogen-bond acceptors (Lipinski definition) is 7. The van der Waals surface area contributed by atoms with E-state index in [4.69, 9.17) is 14.2 Å². The van der Waals surface area contributed by atoms with Crippen LogP contribution in [-0.2, 0) is 17.7 Å². The van der Waals surface area contributed by atoms with E-state index in [2.05, 4.69) is 26.4 Å². The lowest BCUT2D eigenvalue weighted by molar-refractivity contribution is 0.0341. The first-order chi connectivity index (χ1) is 14.6. The number of benzene rings is 1. The van der Waals surface area contributed by atoms with E-state index in [0.717, 1.165) is 31.5 Å². The summed E-state index contributed by atoms with van der Waals surface area (Å²) < 4.78 is 18.4. The Morgan fingerprint density at radius 3 is 2.67 bits per heavy atom. The normalized spacial score (nSPS) is 14.6. The molecule has 1 N–H and O–H groups in total. The molecular formula is C21H27N5O4. The standard InChI is InChI=1S/C21H27N5O4/c1-5-6-19(30-4)26-12-22-15-11-25(8-7-16(15)26)21-23-14-10-18(29-3)17(28-2)9-13(14)20(27)24-21/h9-10,12,19H,5-8,11H2,1-4H3,(H,23,24,27). The second-order valence-corrected chi connectivity index (χ2v) is 7.31. The average Bonchev–Trinajstić information content (AvgIpc) is 3.19. The van der Waals surface area contributed by atoms with E-state index in [1.807, 2.05) is 11.2 Å². The second-order valence-electron chi connectivity index (χ2n) is 7.31. The molecule has 1 aromatic carbocycles. The molecule has 0 bridgehead atoms. The lowest BCUT2D eigenvalue weighted by Gasteiger charge is -2.29. The van der Waals surface area contributed by atoms with Crippen LogP contribution in [0.1, 0.15) is 37.4 Å². The van der Waals surface area contributed by atoms with Crippen LogP contribution in [0.2, 0.25) is 0 Å². The average molecular weight is 413 g/mol. The number of imidazole rings is 1. The summed E-state index contributed by atoms with van der Waals surface area (Å²) >= 11 is 0. The number of nitrogens with zero attached hydrogens (tertiary/aromatic N) is 4. The number of methoxy groups -OCH3 is 3. The third-order valence-electron chi connectivity index (χ3n) is 5.56. The maximum absolute atomic E-state index is 12.7. The number of ether oxygens (including phenoxy) is 3. The van der Waals surface area contributed by atoms with Gasteiger partial charge in [0.1, 0.15) is 6.23 Å². The smallest absolute Gasteiger partial charge is 0.260 e. The Balaban J connectivity index is 1.66. The lowest BCUT2D eigenvalue weighted by atomic mass is 10.1. The van der Waals surface area contributed by atoms with Gasteiger partial charge in [-0.2, -0.15) is 0 Å². The third kappa shape index (κ3) is 3.49. The zero-order chi connectivity index (χ0) is 21.3. The Morgan fingerprint density at radius 2 is 1.97 bits per heavy atom. The number of aromatic amines is 1. The Kier molecular flexibility index (Phi) is 5.63. The molecule has 3 aromatic rings. The fraction of sp³-hybridized carbons (Fsp3) is 0.476. The highest BCUT2D eigenvalue weighted by Gasteiger charge is 2.25. The van der Waals surface area contributed by atoms with E-state index in [9.17, 15) is 4.79 Å².